The van der Waals surface area contributed by atoms with Crippen LogP contribution < -0.4 is 10.6 Å². The predicted molar refractivity (Wildman–Crippen MR) is 61.1 cm³/mol. The number of hydrogen-bond donors (Lipinski definition) is 3. The Morgan fingerprint density at radius 1 is 1.38 bits per heavy atom. The van der Waals surface area contributed by atoms with E-state index in [4.69, 9.17) is 5.73 Å². The Kier molecular flexibility index (Phi) is 3.09. The molecule has 88 valence electrons. The molecule has 0 radical (unpaired) electrons. The number of nitrogens with zero attached hydrogens (tertiary/aromatic N) is 2. The van der Waals surface area contributed by atoms with Crippen LogP contribution in [0.4, 0.5) is 5.82 Å². The molecule has 5 nitrogen and oxygen atoms in total. The molecule has 2 unspecified atom stereocenters. The van der Waals surface area contributed by atoms with Crippen LogP contribution in [0.15, 0.2) is 12.1 Å². The second-order valence-electron chi connectivity index (χ2n) is 4.22. The second kappa shape index (κ2) is 4.37. The van der Waals surface area contributed by atoms with Crippen molar-refractivity contribution in [2.24, 2.45) is 5.73 Å². The Bertz CT molecular complexity index is 373. The molecular formula is C11H17N3O2. The quantitative estimate of drug-likeness (QED) is 0.623. The first-order valence-corrected chi connectivity index (χ1v) is 5.39. The molecule has 1 aromatic heterocycles. The van der Waals surface area contributed by atoms with Gasteiger partial charge in [-0.05, 0) is 24.6 Å². The zero-order valence-electron chi connectivity index (χ0n) is 9.30. The molecule has 1 saturated heterocycles. The van der Waals surface area contributed by atoms with Crippen molar-refractivity contribution in [3.63, 3.8) is 0 Å². The molecule has 0 aromatic carbocycles. The number of pyridine rings is 1. The van der Waals surface area contributed by atoms with Gasteiger partial charge in [-0.1, -0.05) is 0 Å². The molecule has 1 aromatic rings. The summed E-state index contributed by atoms with van der Waals surface area (Å²) in [5, 5.41) is 19.0. The van der Waals surface area contributed by atoms with Gasteiger partial charge in [0.25, 0.3) is 0 Å². The van der Waals surface area contributed by atoms with Gasteiger partial charge in [0.2, 0.25) is 0 Å². The fraction of sp³-hybridized carbons (Fsp3) is 0.545. The van der Waals surface area contributed by atoms with Crippen molar-refractivity contribution in [1.29, 1.82) is 0 Å². The van der Waals surface area contributed by atoms with E-state index in [1.165, 1.54) is 0 Å². The fourth-order valence-corrected chi connectivity index (χ4v) is 1.96. The Morgan fingerprint density at radius 2 is 2.00 bits per heavy atom. The first-order chi connectivity index (χ1) is 7.60. The molecule has 0 bridgehead atoms. The molecule has 0 aliphatic carbocycles. The van der Waals surface area contributed by atoms with Crippen molar-refractivity contribution in [2.45, 2.75) is 25.7 Å². The number of aliphatic hydroxyl groups excluding tert-OH is 2. The van der Waals surface area contributed by atoms with Gasteiger partial charge in [-0.25, -0.2) is 4.98 Å². The van der Waals surface area contributed by atoms with Crippen molar-refractivity contribution >= 4 is 5.82 Å². The summed E-state index contributed by atoms with van der Waals surface area (Å²) in [6, 6.07) is 3.84. The Morgan fingerprint density at radius 3 is 2.56 bits per heavy atom. The van der Waals surface area contributed by atoms with Crippen molar-refractivity contribution in [3.8, 4) is 0 Å². The van der Waals surface area contributed by atoms with Gasteiger partial charge in [0.1, 0.15) is 5.82 Å². The number of aromatic nitrogens is 1. The fourth-order valence-electron chi connectivity index (χ4n) is 1.96. The van der Waals surface area contributed by atoms with Gasteiger partial charge in [-0.2, -0.15) is 0 Å². The first-order valence-electron chi connectivity index (χ1n) is 5.39. The third-order valence-electron chi connectivity index (χ3n) is 2.82. The number of hydrogen-bond acceptors (Lipinski definition) is 5. The molecule has 1 aliphatic rings. The van der Waals surface area contributed by atoms with Crippen molar-refractivity contribution in [2.75, 3.05) is 18.0 Å². The normalized spacial score (nSPS) is 25.1. The third-order valence-corrected chi connectivity index (χ3v) is 2.82. The second-order valence-corrected chi connectivity index (χ2v) is 4.22. The summed E-state index contributed by atoms with van der Waals surface area (Å²) in [4.78, 5) is 6.26. The molecule has 2 heterocycles. The van der Waals surface area contributed by atoms with E-state index in [9.17, 15) is 10.2 Å². The molecule has 1 fully saturated rings. The molecule has 0 spiro atoms. The monoisotopic (exact) mass is 223 g/mol. The number of rotatable bonds is 2. The number of β-amino-alcohol motifs (C(OH)–C–C–N with tert-alkyl or cyclic N) is 2. The van der Waals surface area contributed by atoms with Crippen molar-refractivity contribution in [1.82, 2.24) is 4.98 Å². The molecule has 1 aliphatic heterocycles. The summed E-state index contributed by atoms with van der Waals surface area (Å²) in [5.74, 6) is 0.774. The summed E-state index contributed by atoms with van der Waals surface area (Å²) < 4.78 is 0. The van der Waals surface area contributed by atoms with E-state index in [1.807, 2.05) is 24.0 Å². The Hall–Kier alpha value is -1.17. The Labute approximate surface area is 94.5 Å². The van der Waals surface area contributed by atoms with E-state index >= 15 is 0 Å². The van der Waals surface area contributed by atoms with Gasteiger partial charge in [0.15, 0.2) is 0 Å². The lowest BCUT2D eigenvalue weighted by Crippen LogP contribution is -2.22. The summed E-state index contributed by atoms with van der Waals surface area (Å²) in [6.07, 6.45) is -1.38. The highest BCUT2D eigenvalue weighted by Gasteiger charge is 2.30. The number of aliphatic hydroxyl groups is 2. The van der Waals surface area contributed by atoms with E-state index < -0.39 is 12.2 Å². The van der Waals surface area contributed by atoms with Crippen LogP contribution in [0.5, 0.6) is 0 Å². The van der Waals surface area contributed by atoms with Crippen LogP contribution in [0.2, 0.25) is 0 Å². The minimum absolute atomic E-state index is 0.418. The molecule has 0 amide bonds. The van der Waals surface area contributed by atoms with Crippen LogP contribution in [-0.4, -0.2) is 40.5 Å². The van der Waals surface area contributed by atoms with Crippen LogP contribution >= 0.6 is 0 Å². The SMILES string of the molecule is Cc1cc(CN)cc(N2CC(O)C(O)C2)n1. The van der Waals surface area contributed by atoms with Gasteiger partial charge >= 0.3 is 0 Å². The maximum absolute atomic E-state index is 9.48. The lowest BCUT2D eigenvalue weighted by atomic mass is 10.2. The zero-order chi connectivity index (χ0) is 11.7. The van der Waals surface area contributed by atoms with Gasteiger partial charge in [-0.3, -0.25) is 0 Å². The topological polar surface area (TPSA) is 82.6 Å². The smallest absolute Gasteiger partial charge is 0.129 e. The van der Waals surface area contributed by atoms with E-state index in [-0.39, 0.29) is 0 Å². The van der Waals surface area contributed by atoms with Crippen molar-refractivity contribution < 1.29 is 10.2 Å². The van der Waals surface area contributed by atoms with Crippen LogP contribution in [0.1, 0.15) is 11.3 Å². The van der Waals surface area contributed by atoms with E-state index in [0.29, 0.717) is 19.6 Å². The highest BCUT2D eigenvalue weighted by Crippen LogP contribution is 2.20. The van der Waals surface area contributed by atoms with Crippen LogP contribution in [0.25, 0.3) is 0 Å². The molecule has 16 heavy (non-hydrogen) atoms. The number of nitrogens with two attached hydrogens (primary N) is 1. The average Bonchev–Trinajstić information content (AvgIpc) is 2.58. The molecule has 5 heteroatoms. The van der Waals surface area contributed by atoms with E-state index in [1.54, 1.807) is 0 Å². The van der Waals surface area contributed by atoms with Crippen molar-refractivity contribution in [3.05, 3.63) is 23.4 Å². The summed E-state index contributed by atoms with van der Waals surface area (Å²) in [7, 11) is 0. The van der Waals surface area contributed by atoms with Crippen LogP contribution in [0, 0.1) is 6.92 Å². The minimum atomic E-state index is -0.691. The van der Waals surface area contributed by atoms with Gasteiger partial charge in [0.05, 0.1) is 12.2 Å². The number of anilines is 1. The van der Waals surface area contributed by atoms with Gasteiger partial charge in [-0.15, -0.1) is 0 Å². The van der Waals surface area contributed by atoms with Crippen LogP contribution in [-0.2, 0) is 6.54 Å². The van der Waals surface area contributed by atoms with E-state index in [2.05, 4.69) is 4.98 Å². The molecular weight excluding hydrogens is 206 g/mol. The average molecular weight is 223 g/mol. The van der Waals surface area contributed by atoms with Crippen LogP contribution in [0.3, 0.4) is 0 Å². The molecule has 0 saturated carbocycles. The maximum atomic E-state index is 9.48. The highest BCUT2D eigenvalue weighted by atomic mass is 16.3. The third kappa shape index (κ3) is 2.16. The molecule has 4 N–H and O–H groups in total. The Balaban J connectivity index is 2.24. The summed E-state index contributed by atoms with van der Waals surface area (Å²) in [6.45, 7) is 3.21. The zero-order valence-corrected chi connectivity index (χ0v) is 9.30. The lowest BCUT2D eigenvalue weighted by Gasteiger charge is -2.17. The first kappa shape index (κ1) is 11.3. The highest BCUT2D eigenvalue weighted by molar-refractivity contribution is 5.44. The standard InChI is InChI=1S/C11H17N3O2/c1-7-2-8(4-12)3-11(13-7)14-5-9(15)10(16)6-14/h2-3,9-10,15-16H,4-6,12H2,1H3. The summed E-state index contributed by atoms with van der Waals surface area (Å²) >= 11 is 0. The maximum Gasteiger partial charge on any atom is 0.129 e. The molecule has 2 atom stereocenters. The lowest BCUT2D eigenvalue weighted by molar-refractivity contribution is 0.0572. The van der Waals surface area contributed by atoms with Gasteiger partial charge < -0.3 is 20.8 Å². The largest absolute Gasteiger partial charge is 0.389 e. The van der Waals surface area contributed by atoms with E-state index in [0.717, 1.165) is 17.1 Å². The predicted octanol–water partition coefficient (Wildman–Crippen LogP) is -0.609. The molecule has 2 rings (SSSR count). The number of aryl methyl sites for hydroxylation is 1. The summed E-state index contributed by atoms with van der Waals surface area (Å²) in [5.41, 5.74) is 7.51. The minimum Gasteiger partial charge on any atom is -0.389 e. The van der Waals surface area contributed by atoms with Gasteiger partial charge in [0, 0.05) is 25.3 Å².